The Bertz CT molecular complexity index is 301. The molecule has 3 atom stereocenters. The molecule has 1 saturated carbocycles. The van der Waals surface area contributed by atoms with Crippen LogP contribution >= 0.6 is 0 Å². The monoisotopic (exact) mass is 267 g/mol. The van der Waals surface area contributed by atoms with Gasteiger partial charge in [0, 0.05) is 18.1 Å². The van der Waals surface area contributed by atoms with E-state index in [4.69, 9.17) is 5.73 Å². The number of carbonyl (C=O) groups excluding carboxylic acids is 1. The summed E-state index contributed by atoms with van der Waals surface area (Å²) in [6, 6.07) is 0.579. The molecular weight excluding hydrogens is 238 g/mol. The molecule has 110 valence electrons. The highest BCUT2D eigenvalue weighted by Gasteiger charge is 2.38. The average Bonchev–Trinajstić information content (AvgIpc) is 2.88. The van der Waals surface area contributed by atoms with Gasteiger partial charge in [0.2, 0.25) is 5.91 Å². The van der Waals surface area contributed by atoms with Crippen LogP contribution in [0.5, 0.6) is 0 Å². The molecule has 4 nitrogen and oxygen atoms in total. The first-order chi connectivity index (χ1) is 9.08. The van der Waals surface area contributed by atoms with Gasteiger partial charge in [-0.25, -0.2) is 0 Å². The van der Waals surface area contributed by atoms with E-state index in [0.29, 0.717) is 18.5 Å². The maximum atomic E-state index is 12.2. The number of fused-ring (bicyclic) bond motifs is 1. The zero-order chi connectivity index (χ0) is 13.9. The van der Waals surface area contributed by atoms with Gasteiger partial charge in [0.25, 0.3) is 0 Å². The Balaban J connectivity index is 1.81. The van der Waals surface area contributed by atoms with Crippen LogP contribution in [0.2, 0.25) is 0 Å². The average molecular weight is 267 g/mol. The molecule has 0 aromatic rings. The molecule has 2 fully saturated rings. The van der Waals surface area contributed by atoms with Crippen LogP contribution in [0.25, 0.3) is 0 Å². The molecule has 0 spiro atoms. The minimum Gasteiger partial charge on any atom is -0.353 e. The number of carbonyl (C=O) groups is 1. The van der Waals surface area contributed by atoms with Gasteiger partial charge in [-0.1, -0.05) is 26.7 Å². The Labute approximate surface area is 116 Å². The summed E-state index contributed by atoms with van der Waals surface area (Å²) in [4.78, 5) is 12.2. The number of hydrogen-bond donors (Lipinski definition) is 3. The fourth-order valence-corrected chi connectivity index (χ4v) is 3.41. The second kappa shape index (κ2) is 6.23. The third kappa shape index (κ3) is 3.48. The normalized spacial score (nSPS) is 31.0. The first kappa shape index (κ1) is 14.8. The number of hydrogen-bond acceptors (Lipinski definition) is 3. The molecule has 0 aromatic carbocycles. The molecule has 4 N–H and O–H groups in total. The zero-order valence-corrected chi connectivity index (χ0v) is 12.4. The fourth-order valence-electron chi connectivity index (χ4n) is 3.41. The summed E-state index contributed by atoms with van der Waals surface area (Å²) >= 11 is 0. The molecule has 1 saturated heterocycles. The second-order valence-electron chi connectivity index (χ2n) is 6.39. The van der Waals surface area contributed by atoms with Gasteiger partial charge in [-0.05, 0) is 38.0 Å². The summed E-state index contributed by atoms with van der Waals surface area (Å²) < 4.78 is 0. The highest BCUT2D eigenvalue weighted by atomic mass is 16.2. The lowest BCUT2D eigenvalue weighted by molar-refractivity contribution is -0.123. The van der Waals surface area contributed by atoms with Crippen molar-refractivity contribution in [2.75, 3.05) is 6.54 Å². The van der Waals surface area contributed by atoms with Crippen molar-refractivity contribution in [1.82, 2.24) is 10.6 Å². The number of nitrogens with two attached hydrogens (primary N) is 1. The lowest BCUT2D eigenvalue weighted by Crippen LogP contribution is -2.52. The highest BCUT2D eigenvalue weighted by molar-refractivity contribution is 5.82. The smallest absolute Gasteiger partial charge is 0.237 e. The van der Waals surface area contributed by atoms with Crippen LogP contribution < -0.4 is 16.4 Å². The third-order valence-electron chi connectivity index (χ3n) is 5.20. The van der Waals surface area contributed by atoms with Gasteiger partial charge in [-0.2, -0.15) is 0 Å². The number of rotatable bonds is 5. The molecule has 1 aliphatic heterocycles. The number of amides is 1. The third-order valence-corrected chi connectivity index (χ3v) is 5.20. The Kier molecular flexibility index (Phi) is 4.85. The van der Waals surface area contributed by atoms with Crippen molar-refractivity contribution in [3.63, 3.8) is 0 Å². The maximum Gasteiger partial charge on any atom is 0.237 e. The van der Waals surface area contributed by atoms with Crippen molar-refractivity contribution in [2.24, 2.45) is 11.7 Å². The summed E-state index contributed by atoms with van der Waals surface area (Å²) in [6.07, 6.45) is 7.95. The summed E-state index contributed by atoms with van der Waals surface area (Å²) in [6.45, 7) is 4.75. The van der Waals surface area contributed by atoms with E-state index in [0.717, 1.165) is 19.3 Å². The van der Waals surface area contributed by atoms with Crippen molar-refractivity contribution in [3.05, 3.63) is 0 Å². The predicted octanol–water partition coefficient (Wildman–Crippen LogP) is 1.54. The largest absolute Gasteiger partial charge is 0.353 e. The lowest BCUT2D eigenvalue weighted by atomic mass is 9.85. The molecule has 1 aliphatic carbocycles. The van der Waals surface area contributed by atoms with E-state index >= 15 is 0 Å². The molecule has 2 aliphatic rings. The predicted molar refractivity (Wildman–Crippen MR) is 77.8 cm³/mol. The highest BCUT2D eigenvalue weighted by Crippen LogP contribution is 2.33. The van der Waals surface area contributed by atoms with E-state index in [2.05, 4.69) is 24.5 Å². The van der Waals surface area contributed by atoms with Gasteiger partial charge in [0.1, 0.15) is 0 Å². The summed E-state index contributed by atoms with van der Waals surface area (Å²) in [5, 5.41) is 6.56. The molecule has 3 unspecified atom stereocenters. The minimum absolute atomic E-state index is 0.00561. The topological polar surface area (TPSA) is 67.1 Å². The molecule has 2 rings (SSSR count). The van der Waals surface area contributed by atoms with E-state index in [9.17, 15) is 4.79 Å². The molecule has 1 amide bonds. The van der Waals surface area contributed by atoms with Crippen LogP contribution in [0.3, 0.4) is 0 Å². The first-order valence-corrected chi connectivity index (χ1v) is 7.90. The number of nitrogens with one attached hydrogen (secondary N) is 2. The molecule has 19 heavy (non-hydrogen) atoms. The summed E-state index contributed by atoms with van der Waals surface area (Å²) in [5.41, 5.74) is 5.98. The standard InChI is InChI=1S/C15H29N3O/c1-3-15(16,4-2)10-17-14(19)13-9-11-7-5-6-8-12(11)18-13/h11-13,18H,3-10,16H2,1-2H3,(H,17,19). The molecule has 0 bridgehead atoms. The Morgan fingerprint density at radius 3 is 2.63 bits per heavy atom. The van der Waals surface area contributed by atoms with E-state index in [-0.39, 0.29) is 17.5 Å². The van der Waals surface area contributed by atoms with Gasteiger partial charge in [0.05, 0.1) is 6.04 Å². The van der Waals surface area contributed by atoms with Crippen LogP contribution in [0, 0.1) is 5.92 Å². The van der Waals surface area contributed by atoms with Crippen molar-refractivity contribution >= 4 is 5.91 Å². The molecule has 4 heteroatoms. The molecule has 0 aromatic heterocycles. The van der Waals surface area contributed by atoms with Crippen molar-refractivity contribution < 1.29 is 4.79 Å². The SMILES string of the molecule is CCC(N)(CC)CNC(=O)C1CC2CCCCC2N1. The van der Waals surface area contributed by atoms with Crippen LogP contribution in [0.4, 0.5) is 0 Å². The van der Waals surface area contributed by atoms with Gasteiger partial charge in [-0.3, -0.25) is 4.79 Å². The summed E-state index contributed by atoms with van der Waals surface area (Å²) in [7, 11) is 0. The fraction of sp³-hybridized carbons (Fsp3) is 0.933. The molecule has 0 radical (unpaired) electrons. The Morgan fingerprint density at radius 1 is 1.32 bits per heavy atom. The van der Waals surface area contributed by atoms with E-state index in [1.54, 1.807) is 0 Å². The van der Waals surface area contributed by atoms with Crippen LogP contribution in [0.1, 0.15) is 58.8 Å². The first-order valence-electron chi connectivity index (χ1n) is 7.90. The van der Waals surface area contributed by atoms with Gasteiger partial charge in [0.15, 0.2) is 0 Å². The van der Waals surface area contributed by atoms with Crippen LogP contribution in [0.15, 0.2) is 0 Å². The second-order valence-corrected chi connectivity index (χ2v) is 6.39. The van der Waals surface area contributed by atoms with E-state index in [1.807, 2.05) is 0 Å². The molecular formula is C15H29N3O. The Morgan fingerprint density at radius 2 is 2.00 bits per heavy atom. The quantitative estimate of drug-likeness (QED) is 0.708. The van der Waals surface area contributed by atoms with E-state index in [1.165, 1.54) is 25.7 Å². The lowest BCUT2D eigenvalue weighted by Gasteiger charge is -2.27. The zero-order valence-electron chi connectivity index (χ0n) is 12.4. The van der Waals surface area contributed by atoms with Gasteiger partial charge < -0.3 is 16.4 Å². The molecule has 1 heterocycles. The van der Waals surface area contributed by atoms with Crippen molar-refractivity contribution in [2.45, 2.75) is 76.4 Å². The Hall–Kier alpha value is -0.610. The van der Waals surface area contributed by atoms with Gasteiger partial charge >= 0.3 is 0 Å². The summed E-state index contributed by atoms with van der Waals surface area (Å²) in [5.74, 6) is 0.857. The van der Waals surface area contributed by atoms with Crippen LogP contribution in [-0.2, 0) is 4.79 Å². The van der Waals surface area contributed by atoms with E-state index < -0.39 is 0 Å². The van der Waals surface area contributed by atoms with Crippen LogP contribution in [-0.4, -0.2) is 30.1 Å². The van der Waals surface area contributed by atoms with Crippen molar-refractivity contribution in [3.8, 4) is 0 Å². The van der Waals surface area contributed by atoms with Crippen molar-refractivity contribution in [1.29, 1.82) is 0 Å². The minimum atomic E-state index is -0.249. The maximum absolute atomic E-state index is 12.2. The van der Waals surface area contributed by atoms with Gasteiger partial charge in [-0.15, -0.1) is 0 Å².